The van der Waals surface area contributed by atoms with Crippen molar-refractivity contribution < 1.29 is 14.3 Å². The number of fused-ring (bicyclic) bond motifs is 2. The van der Waals surface area contributed by atoms with Crippen LogP contribution in [0.2, 0.25) is 0 Å². The van der Waals surface area contributed by atoms with Crippen LogP contribution in [0, 0.1) is 23.2 Å². The fourth-order valence-electron chi connectivity index (χ4n) is 4.24. The van der Waals surface area contributed by atoms with E-state index in [9.17, 15) is 4.79 Å². The topological polar surface area (TPSA) is 35.5 Å². The molecule has 19 heavy (non-hydrogen) atoms. The molecule has 0 spiro atoms. The first-order valence-electron chi connectivity index (χ1n) is 7.85. The average Bonchev–Trinajstić information content (AvgIpc) is 2.41. The van der Waals surface area contributed by atoms with Crippen LogP contribution in [-0.2, 0) is 14.3 Å². The van der Waals surface area contributed by atoms with Crippen LogP contribution in [0.25, 0.3) is 0 Å². The number of ketones is 1. The largest absolute Gasteiger partial charge is 0.353 e. The zero-order chi connectivity index (χ0) is 13.5. The quantitative estimate of drug-likeness (QED) is 0.784. The van der Waals surface area contributed by atoms with Crippen molar-refractivity contribution in [2.24, 2.45) is 23.2 Å². The zero-order valence-corrected chi connectivity index (χ0v) is 12.2. The fraction of sp³-hybridized carbons (Fsp3) is 0.938. The van der Waals surface area contributed by atoms with Gasteiger partial charge in [0.05, 0.1) is 6.61 Å². The van der Waals surface area contributed by atoms with Crippen molar-refractivity contribution in [1.29, 1.82) is 0 Å². The summed E-state index contributed by atoms with van der Waals surface area (Å²) < 4.78 is 11.4. The SMILES string of the molecule is CC1(C)[C@H]2CC(=O)[C@@H](CCOC3CCCCO3)[C@@H]1C2. The summed E-state index contributed by atoms with van der Waals surface area (Å²) in [7, 11) is 0. The lowest BCUT2D eigenvalue weighted by atomic mass is 9.45. The molecular formula is C16H26O3. The molecule has 4 fully saturated rings. The van der Waals surface area contributed by atoms with E-state index >= 15 is 0 Å². The summed E-state index contributed by atoms with van der Waals surface area (Å²) in [5.74, 6) is 1.95. The van der Waals surface area contributed by atoms with Crippen molar-refractivity contribution in [2.45, 2.75) is 58.7 Å². The van der Waals surface area contributed by atoms with E-state index in [0.717, 1.165) is 32.3 Å². The molecule has 4 rings (SSSR count). The van der Waals surface area contributed by atoms with Gasteiger partial charge in [-0.2, -0.15) is 0 Å². The van der Waals surface area contributed by atoms with Gasteiger partial charge in [0.1, 0.15) is 5.78 Å². The first-order valence-corrected chi connectivity index (χ1v) is 7.85. The van der Waals surface area contributed by atoms with E-state index in [4.69, 9.17) is 9.47 Å². The molecule has 0 aromatic heterocycles. The molecule has 0 radical (unpaired) electrons. The first-order chi connectivity index (χ1) is 9.09. The second-order valence-corrected chi connectivity index (χ2v) is 7.09. The summed E-state index contributed by atoms with van der Waals surface area (Å²) in [6, 6.07) is 0. The highest BCUT2D eigenvalue weighted by molar-refractivity contribution is 5.83. The molecule has 1 aliphatic heterocycles. The van der Waals surface area contributed by atoms with Crippen LogP contribution in [0.5, 0.6) is 0 Å². The molecule has 4 atom stereocenters. The zero-order valence-electron chi connectivity index (χ0n) is 12.2. The lowest BCUT2D eigenvalue weighted by molar-refractivity contribution is -0.175. The lowest BCUT2D eigenvalue weighted by Gasteiger charge is -2.59. The highest BCUT2D eigenvalue weighted by atomic mass is 16.7. The molecule has 0 aromatic rings. The molecule has 0 aromatic carbocycles. The maximum absolute atomic E-state index is 12.1. The molecule has 3 nitrogen and oxygen atoms in total. The molecule has 4 aliphatic rings. The molecule has 3 aliphatic carbocycles. The van der Waals surface area contributed by atoms with Gasteiger partial charge < -0.3 is 9.47 Å². The Morgan fingerprint density at radius 1 is 1.37 bits per heavy atom. The summed E-state index contributed by atoms with van der Waals surface area (Å²) in [6.07, 6.45) is 6.28. The van der Waals surface area contributed by atoms with E-state index < -0.39 is 0 Å². The van der Waals surface area contributed by atoms with Gasteiger partial charge in [0.15, 0.2) is 6.29 Å². The van der Waals surface area contributed by atoms with E-state index in [1.165, 1.54) is 12.8 Å². The second-order valence-electron chi connectivity index (χ2n) is 7.09. The minimum atomic E-state index is -0.0189. The maximum atomic E-state index is 12.1. The van der Waals surface area contributed by atoms with Crippen molar-refractivity contribution in [3.8, 4) is 0 Å². The molecule has 0 amide bonds. The Labute approximate surface area is 116 Å². The molecule has 1 heterocycles. The maximum Gasteiger partial charge on any atom is 0.157 e. The number of rotatable bonds is 4. The van der Waals surface area contributed by atoms with Gasteiger partial charge in [0.25, 0.3) is 0 Å². The molecule has 1 saturated heterocycles. The van der Waals surface area contributed by atoms with Crippen molar-refractivity contribution in [3.05, 3.63) is 0 Å². The van der Waals surface area contributed by atoms with Crippen LogP contribution >= 0.6 is 0 Å². The number of carbonyl (C=O) groups excluding carboxylic acids is 1. The van der Waals surface area contributed by atoms with Crippen molar-refractivity contribution >= 4 is 5.78 Å². The summed E-state index contributed by atoms with van der Waals surface area (Å²) in [5, 5.41) is 0. The Morgan fingerprint density at radius 2 is 2.21 bits per heavy atom. The van der Waals surface area contributed by atoms with Crippen molar-refractivity contribution in [3.63, 3.8) is 0 Å². The van der Waals surface area contributed by atoms with Gasteiger partial charge in [-0.1, -0.05) is 13.8 Å². The Hall–Kier alpha value is -0.410. The van der Waals surface area contributed by atoms with Crippen LogP contribution < -0.4 is 0 Å². The van der Waals surface area contributed by atoms with Crippen LogP contribution in [0.3, 0.4) is 0 Å². The summed E-state index contributed by atoms with van der Waals surface area (Å²) >= 11 is 0. The third-order valence-corrected chi connectivity index (χ3v) is 5.76. The van der Waals surface area contributed by atoms with Crippen molar-refractivity contribution in [1.82, 2.24) is 0 Å². The third-order valence-electron chi connectivity index (χ3n) is 5.76. The molecule has 108 valence electrons. The number of Topliss-reactive ketones (excluding diaryl/α,β-unsaturated/α-hetero) is 1. The monoisotopic (exact) mass is 266 g/mol. The van der Waals surface area contributed by atoms with Crippen LogP contribution in [0.1, 0.15) is 52.4 Å². The van der Waals surface area contributed by atoms with Crippen LogP contribution in [-0.4, -0.2) is 25.3 Å². The van der Waals surface area contributed by atoms with Gasteiger partial charge >= 0.3 is 0 Å². The molecule has 3 heteroatoms. The molecule has 2 bridgehead atoms. The normalized spacial score (nSPS) is 40.8. The number of hydrogen-bond donors (Lipinski definition) is 0. The predicted octanol–water partition coefficient (Wildman–Crippen LogP) is 3.17. The highest BCUT2D eigenvalue weighted by Gasteiger charge is 2.57. The van der Waals surface area contributed by atoms with Gasteiger partial charge in [0, 0.05) is 18.9 Å². The van der Waals surface area contributed by atoms with Gasteiger partial charge in [-0.05, 0) is 49.4 Å². The summed E-state index contributed by atoms with van der Waals surface area (Å²) in [5.41, 5.74) is 0.375. The number of ether oxygens (including phenoxy) is 2. The van der Waals surface area contributed by atoms with Gasteiger partial charge in [0.2, 0.25) is 0 Å². The Kier molecular flexibility index (Phi) is 3.69. The second kappa shape index (κ2) is 5.17. The van der Waals surface area contributed by atoms with E-state index in [0.29, 0.717) is 29.6 Å². The van der Waals surface area contributed by atoms with E-state index in [1.54, 1.807) is 0 Å². The van der Waals surface area contributed by atoms with E-state index in [2.05, 4.69) is 13.8 Å². The Balaban J connectivity index is 1.47. The number of hydrogen-bond acceptors (Lipinski definition) is 3. The smallest absolute Gasteiger partial charge is 0.157 e. The third kappa shape index (κ3) is 2.47. The minimum Gasteiger partial charge on any atom is -0.353 e. The van der Waals surface area contributed by atoms with E-state index in [1.807, 2.05) is 0 Å². The molecule has 0 N–H and O–H groups in total. The fourth-order valence-corrected chi connectivity index (χ4v) is 4.24. The van der Waals surface area contributed by atoms with Crippen LogP contribution in [0.4, 0.5) is 0 Å². The lowest BCUT2D eigenvalue weighted by Crippen LogP contribution is -2.56. The predicted molar refractivity (Wildman–Crippen MR) is 72.7 cm³/mol. The molecule has 3 saturated carbocycles. The standard InChI is InChI=1S/C16H26O3/c1-16(2)11-9-13(16)12(14(17)10-11)6-8-19-15-5-3-4-7-18-15/h11-13,15H,3-10H2,1-2H3/t11-,12+,13+,15?/m1/s1. The summed E-state index contributed by atoms with van der Waals surface area (Å²) in [6.45, 7) is 6.16. The van der Waals surface area contributed by atoms with Gasteiger partial charge in [-0.3, -0.25) is 4.79 Å². The van der Waals surface area contributed by atoms with Crippen molar-refractivity contribution in [2.75, 3.05) is 13.2 Å². The minimum absolute atomic E-state index is 0.0189. The van der Waals surface area contributed by atoms with Crippen LogP contribution in [0.15, 0.2) is 0 Å². The number of carbonyl (C=O) groups is 1. The van der Waals surface area contributed by atoms with E-state index in [-0.39, 0.29) is 12.2 Å². The Bertz CT molecular complexity index is 344. The first kappa shape index (κ1) is 13.6. The Morgan fingerprint density at radius 3 is 2.89 bits per heavy atom. The average molecular weight is 266 g/mol. The summed E-state index contributed by atoms with van der Waals surface area (Å²) in [4.78, 5) is 12.1. The highest BCUT2D eigenvalue weighted by Crippen LogP contribution is 2.60. The van der Waals surface area contributed by atoms with Gasteiger partial charge in [-0.25, -0.2) is 0 Å². The molecule has 1 unspecified atom stereocenters. The molecular weight excluding hydrogens is 240 g/mol. The van der Waals surface area contributed by atoms with Gasteiger partial charge in [-0.15, -0.1) is 0 Å².